The predicted octanol–water partition coefficient (Wildman–Crippen LogP) is 3.98. The van der Waals surface area contributed by atoms with Crippen molar-refractivity contribution in [2.45, 2.75) is 72.1 Å². The summed E-state index contributed by atoms with van der Waals surface area (Å²) in [6, 6.07) is 0. The second kappa shape index (κ2) is 5.25. The van der Waals surface area contributed by atoms with Crippen molar-refractivity contribution in [2.24, 2.45) is 40.4 Å². The maximum Gasteiger partial charge on any atom is 0.137 e. The van der Waals surface area contributed by atoms with E-state index in [-0.39, 0.29) is 28.4 Å². The van der Waals surface area contributed by atoms with Crippen LogP contribution in [0.1, 0.15) is 72.1 Å². The molecule has 0 bridgehead atoms. The molecule has 0 spiro atoms. The van der Waals surface area contributed by atoms with Gasteiger partial charge in [0.25, 0.3) is 0 Å². The molecule has 0 aromatic heterocycles. The average Bonchev–Trinajstić information content (AvgIpc) is 2.84. The number of hydrogen-bond donors (Lipinski definition) is 0. The van der Waals surface area contributed by atoms with E-state index in [0.717, 1.165) is 32.1 Å². The Labute approximate surface area is 144 Å². The SMILES string of the molecule is CC(=O)[C@H]1CCC2[C@@H]3CC[C@H]4CC(=O)CC[C@]4(C)C3C(=O)C[C@@]21C. The van der Waals surface area contributed by atoms with E-state index in [1.165, 1.54) is 0 Å². The molecule has 4 saturated carbocycles. The molecular weight excluding hydrogens is 300 g/mol. The highest BCUT2D eigenvalue weighted by Crippen LogP contribution is 2.66. The van der Waals surface area contributed by atoms with Crippen molar-refractivity contribution in [3.63, 3.8) is 0 Å². The van der Waals surface area contributed by atoms with Gasteiger partial charge in [-0.2, -0.15) is 0 Å². The lowest BCUT2D eigenvalue weighted by atomic mass is 9.44. The van der Waals surface area contributed by atoms with E-state index in [2.05, 4.69) is 13.8 Å². The van der Waals surface area contributed by atoms with Crippen LogP contribution in [0.4, 0.5) is 0 Å². The Bertz CT molecular complexity index is 608. The molecular formula is C21H30O3. The van der Waals surface area contributed by atoms with Gasteiger partial charge in [-0.15, -0.1) is 0 Å². The molecule has 132 valence electrons. The minimum atomic E-state index is -0.113. The molecule has 3 nitrogen and oxygen atoms in total. The third kappa shape index (κ3) is 2.05. The highest BCUT2D eigenvalue weighted by molar-refractivity contribution is 5.87. The summed E-state index contributed by atoms with van der Waals surface area (Å²) in [5.41, 5.74) is -0.0959. The minimum Gasteiger partial charge on any atom is -0.300 e. The summed E-state index contributed by atoms with van der Waals surface area (Å²) in [5, 5.41) is 0. The summed E-state index contributed by atoms with van der Waals surface area (Å²) in [6.07, 6.45) is 7.05. The van der Waals surface area contributed by atoms with Crippen molar-refractivity contribution in [1.82, 2.24) is 0 Å². The number of rotatable bonds is 1. The second-order valence-electron chi connectivity index (χ2n) is 9.66. The molecule has 24 heavy (non-hydrogen) atoms. The van der Waals surface area contributed by atoms with Crippen LogP contribution in [0, 0.1) is 40.4 Å². The number of Topliss-reactive ketones (excluding diaryl/α,β-unsaturated/α-hetero) is 3. The lowest BCUT2D eigenvalue weighted by Crippen LogP contribution is -2.57. The van der Waals surface area contributed by atoms with E-state index in [1.807, 2.05) is 0 Å². The van der Waals surface area contributed by atoms with Gasteiger partial charge in [0.15, 0.2) is 0 Å². The summed E-state index contributed by atoms with van der Waals surface area (Å²) in [6.45, 7) is 6.21. The van der Waals surface area contributed by atoms with Crippen molar-refractivity contribution in [3.8, 4) is 0 Å². The normalized spacial score (nSPS) is 50.9. The van der Waals surface area contributed by atoms with Crippen LogP contribution in [0.15, 0.2) is 0 Å². The Hall–Kier alpha value is -0.990. The summed E-state index contributed by atoms with van der Waals surface area (Å²) in [4.78, 5) is 37.4. The van der Waals surface area contributed by atoms with Gasteiger partial charge in [0.1, 0.15) is 17.3 Å². The summed E-state index contributed by atoms with van der Waals surface area (Å²) >= 11 is 0. The Morgan fingerprint density at radius 2 is 1.79 bits per heavy atom. The number of ketones is 3. The Morgan fingerprint density at radius 1 is 1.04 bits per heavy atom. The first-order chi connectivity index (χ1) is 11.3. The van der Waals surface area contributed by atoms with E-state index in [0.29, 0.717) is 48.6 Å². The maximum atomic E-state index is 13.3. The number of fused-ring (bicyclic) bond motifs is 5. The lowest BCUT2D eigenvalue weighted by molar-refractivity contribution is -0.161. The molecule has 0 amide bonds. The van der Waals surface area contributed by atoms with Crippen LogP contribution in [0.3, 0.4) is 0 Å². The highest BCUT2D eigenvalue weighted by Gasteiger charge is 2.63. The first kappa shape index (κ1) is 16.5. The van der Waals surface area contributed by atoms with Crippen LogP contribution in [0.5, 0.6) is 0 Å². The zero-order valence-corrected chi connectivity index (χ0v) is 15.3. The topological polar surface area (TPSA) is 51.2 Å². The molecule has 2 unspecified atom stereocenters. The first-order valence-corrected chi connectivity index (χ1v) is 9.82. The Kier molecular flexibility index (Phi) is 3.61. The van der Waals surface area contributed by atoms with Gasteiger partial charge in [0.2, 0.25) is 0 Å². The molecule has 4 fully saturated rings. The molecule has 4 aliphatic carbocycles. The molecule has 0 aromatic carbocycles. The van der Waals surface area contributed by atoms with Crippen molar-refractivity contribution in [1.29, 1.82) is 0 Å². The lowest BCUT2D eigenvalue weighted by Gasteiger charge is -2.59. The fourth-order valence-electron chi connectivity index (χ4n) is 7.53. The molecule has 4 aliphatic rings. The molecule has 7 atom stereocenters. The van der Waals surface area contributed by atoms with Crippen LogP contribution >= 0.6 is 0 Å². The van der Waals surface area contributed by atoms with Crippen molar-refractivity contribution in [3.05, 3.63) is 0 Å². The maximum absolute atomic E-state index is 13.3. The quantitative estimate of drug-likeness (QED) is 0.730. The predicted molar refractivity (Wildman–Crippen MR) is 91.3 cm³/mol. The fraction of sp³-hybridized carbons (Fsp3) is 0.857. The molecule has 0 N–H and O–H groups in total. The van der Waals surface area contributed by atoms with Gasteiger partial charge in [-0.05, 0) is 67.6 Å². The summed E-state index contributed by atoms with van der Waals surface area (Å²) in [7, 11) is 0. The van der Waals surface area contributed by atoms with Gasteiger partial charge < -0.3 is 0 Å². The fourth-order valence-corrected chi connectivity index (χ4v) is 7.53. The smallest absolute Gasteiger partial charge is 0.137 e. The minimum absolute atomic E-state index is 0.0174. The Morgan fingerprint density at radius 3 is 2.50 bits per heavy atom. The average molecular weight is 330 g/mol. The molecule has 0 heterocycles. The van der Waals surface area contributed by atoms with Gasteiger partial charge in [-0.25, -0.2) is 0 Å². The van der Waals surface area contributed by atoms with E-state index in [9.17, 15) is 14.4 Å². The highest BCUT2D eigenvalue weighted by atomic mass is 16.1. The van der Waals surface area contributed by atoms with E-state index >= 15 is 0 Å². The van der Waals surface area contributed by atoms with Crippen LogP contribution < -0.4 is 0 Å². The van der Waals surface area contributed by atoms with E-state index in [1.54, 1.807) is 6.92 Å². The number of hydrogen-bond acceptors (Lipinski definition) is 3. The van der Waals surface area contributed by atoms with Crippen LogP contribution in [0.2, 0.25) is 0 Å². The third-order valence-corrected chi connectivity index (χ3v) is 8.66. The van der Waals surface area contributed by atoms with Crippen molar-refractivity contribution < 1.29 is 14.4 Å². The van der Waals surface area contributed by atoms with Crippen molar-refractivity contribution in [2.75, 3.05) is 0 Å². The van der Waals surface area contributed by atoms with Crippen molar-refractivity contribution >= 4 is 17.3 Å². The molecule has 0 saturated heterocycles. The monoisotopic (exact) mass is 330 g/mol. The van der Waals surface area contributed by atoms with E-state index in [4.69, 9.17) is 0 Å². The summed E-state index contributed by atoms with van der Waals surface area (Å²) in [5.74, 6) is 2.63. The van der Waals surface area contributed by atoms with Crippen LogP contribution in [-0.2, 0) is 14.4 Å². The molecule has 4 rings (SSSR count). The van der Waals surface area contributed by atoms with Gasteiger partial charge in [-0.1, -0.05) is 13.8 Å². The standard InChI is InChI=1S/C21H30O3/c1-12(22)16-6-7-17-15-5-4-13-10-14(23)8-9-20(13,2)19(15)18(24)11-21(16,17)3/h13,15-17,19H,4-11H2,1-3H3/t13-,15-,16+,17?,19?,20-,21+/m0/s1. The zero-order valence-electron chi connectivity index (χ0n) is 15.3. The zero-order chi connectivity index (χ0) is 17.3. The molecule has 0 aromatic rings. The summed E-state index contributed by atoms with van der Waals surface area (Å²) < 4.78 is 0. The van der Waals surface area contributed by atoms with Gasteiger partial charge in [0, 0.05) is 31.1 Å². The molecule has 0 radical (unpaired) electrons. The van der Waals surface area contributed by atoms with Crippen LogP contribution in [-0.4, -0.2) is 17.3 Å². The third-order valence-electron chi connectivity index (χ3n) is 8.66. The second-order valence-corrected chi connectivity index (χ2v) is 9.66. The van der Waals surface area contributed by atoms with Crippen LogP contribution in [0.25, 0.3) is 0 Å². The van der Waals surface area contributed by atoms with E-state index < -0.39 is 0 Å². The largest absolute Gasteiger partial charge is 0.300 e. The number of carbonyl (C=O) groups excluding carboxylic acids is 3. The molecule has 3 heteroatoms. The number of carbonyl (C=O) groups is 3. The van der Waals surface area contributed by atoms with Gasteiger partial charge >= 0.3 is 0 Å². The van der Waals surface area contributed by atoms with Gasteiger partial charge in [-0.3, -0.25) is 14.4 Å². The molecule has 0 aliphatic heterocycles. The Balaban J connectivity index is 1.69. The van der Waals surface area contributed by atoms with Gasteiger partial charge in [0.05, 0.1) is 0 Å². The first-order valence-electron chi connectivity index (χ1n) is 9.82.